The molecule has 3 fully saturated rings. The van der Waals surface area contributed by atoms with Crippen molar-refractivity contribution in [2.45, 2.75) is 101 Å². The Balaban J connectivity index is 1.10. The molecular weight excluding hydrogens is 677 g/mol. The van der Waals surface area contributed by atoms with Gasteiger partial charge in [-0.1, -0.05) is 72.8 Å². The first kappa shape index (κ1) is 34.4. The SMILES string of the molecule is O=C1N(Cc2ccc3[nH]nc(NC4CCC4)c3c2)[C@H](Cc2ccccc2)[C@H](O)[C@@H](O)[C@@H](Cc2ccccc2)N1Cc1ccc2[nH]nc(NC3CCC3)c2c1. The summed E-state index contributed by atoms with van der Waals surface area (Å²) >= 11 is 0. The van der Waals surface area contributed by atoms with E-state index >= 15 is 4.79 Å². The van der Waals surface area contributed by atoms with Crippen LogP contribution in [0.25, 0.3) is 21.8 Å². The number of rotatable bonds is 12. The monoisotopic (exact) mass is 724 g/mol. The van der Waals surface area contributed by atoms with Crippen LogP contribution in [0.3, 0.4) is 0 Å². The molecule has 3 aliphatic rings. The van der Waals surface area contributed by atoms with Gasteiger partial charge >= 0.3 is 6.03 Å². The number of nitrogens with one attached hydrogen (secondary N) is 4. The lowest BCUT2D eigenvalue weighted by Gasteiger charge is -2.36. The van der Waals surface area contributed by atoms with Gasteiger partial charge in [0.1, 0.15) is 12.2 Å². The maximum Gasteiger partial charge on any atom is 0.321 e. The number of amides is 2. The maximum absolute atomic E-state index is 15.4. The molecule has 1 saturated heterocycles. The minimum absolute atomic E-state index is 0.229. The van der Waals surface area contributed by atoms with Crippen LogP contribution < -0.4 is 10.6 Å². The third kappa shape index (κ3) is 6.89. The average Bonchev–Trinajstić information content (AvgIpc) is 3.75. The molecule has 6 aromatic rings. The topological polar surface area (TPSA) is 145 Å². The van der Waals surface area contributed by atoms with Crippen LogP contribution in [0.2, 0.25) is 0 Å². The minimum Gasteiger partial charge on any atom is -0.388 e. The van der Waals surface area contributed by atoms with Crippen molar-refractivity contribution >= 4 is 39.5 Å². The van der Waals surface area contributed by atoms with Crippen LogP contribution in [0.4, 0.5) is 16.4 Å². The zero-order valence-corrected chi connectivity index (χ0v) is 30.4. The number of hydrogen-bond donors (Lipinski definition) is 6. The number of aromatic amines is 2. The number of nitrogens with zero attached hydrogens (tertiary/aromatic N) is 4. The minimum atomic E-state index is -1.21. The first-order valence-electron chi connectivity index (χ1n) is 19.4. The van der Waals surface area contributed by atoms with Crippen molar-refractivity contribution in [2.75, 3.05) is 10.6 Å². The normalized spacial score (nSPS) is 22.3. The molecule has 0 spiro atoms. The van der Waals surface area contributed by atoms with Crippen LogP contribution in [-0.4, -0.2) is 82.8 Å². The molecule has 2 amide bonds. The fourth-order valence-electron chi connectivity index (χ4n) is 8.24. The number of aromatic nitrogens is 4. The molecule has 0 unspecified atom stereocenters. The zero-order valence-electron chi connectivity index (χ0n) is 30.4. The highest BCUT2D eigenvalue weighted by Crippen LogP contribution is 2.33. The molecule has 3 heterocycles. The van der Waals surface area contributed by atoms with E-state index in [0.717, 1.165) is 81.4 Å². The van der Waals surface area contributed by atoms with Crippen molar-refractivity contribution in [3.63, 3.8) is 0 Å². The molecule has 2 aromatic heterocycles. The molecule has 9 rings (SSSR count). The van der Waals surface area contributed by atoms with Gasteiger partial charge in [-0.05, 0) is 97.9 Å². The molecule has 1 aliphatic heterocycles. The molecule has 278 valence electrons. The highest BCUT2D eigenvalue weighted by Gasteiger charge is 2.46. The molecule has 6 N–H and O–H groups in total. The largest absolute Gasteiger partial charge is 0.388 e. The fourth-order valence-corrected chi connectivity index (χ4v) is 8.24. The number of carbonyl (C=O) groups excluding carboxylic acids is 1. The van der Waals surface area contributed by atoms with Crippen molar-refractivity contribution in [3.05, 3.63) is 119 Å². The van der Waals surface area contributed by atoms with Crippen molar-refractivity contribution in [1.82, 2.24) is 30.2 Å². The second-order valence-electron chi connectivity index (χ2n) is 15.5. The van der Waals surface area contributed by atoms with Gasteiger partial charge in [0, 0.05) is 35.9 Å². The molecule has 11 nitrogen and oxygen atoms in total. The van der Waals surface area contributed by atoms with Gasteiger partial charge in [0.2, 0.25) is 0 Å². The van der Waals surface area contributed by atoms with E-state index in [4.69, 9.17) is 0 Å². The number of aliphatic hydroxyl groups is 2. The number of urea groups is 1. The van der Waals surface area contributed by atoms with E-state index in [1.165, 1.54) is 12.8 Å². The number of carbonyl (C=O) groups is 1. The fraction of sp³-hybridized carbons (Fsp3) is 0.372. The lowest BCUT2D eigenvalue weighted by molar-refractivity contribution is -0.0408. The van der Waals surface area contributed by atoms with Crippen LogP contribution in [0.5, 0.6) is 0 Å². The Bertz CT molecular complexity index is 2060. The van der Waals surface area contributed by atoms with Gasteiger partial charge in [-0.25, -0.2) is 4.79 Å². The molecular formula is C43H48N8O3. The molecule has 4 atom stereocenters. The van der Waals surface area contributed by atoms with Crippen LogP contribution in [0.1, 0.15) is 60.8 Å². The number of anilines is 2. The zero-order chi connectivity index (χ0) is 36.6. The number of hydrogen-bond acceptors (Lipinski definition) is 7. The summed E-state index contributed by atoms with van der Waals surface area (Å²) in [6.45, 7) is 0.490. The lowest BCUT2D eigenvalue weighted by atomic mass is 9.90. The first-order chi connectivity index (χ1) is 26.5. The summed E-state index contributed by atoms with van der Waals surface area (Å²) in [5, 5.41) is 49.1. The molecule has 2 aliphatic carbocycles. The summed E-state index contributed by atoms with van der Waals surface area (Å²) < 4.78 is 0. The number of benzene rings is 4. The molecule has 54 heavy (non-hydrogen) atoms. The van der Waals surface area contributed by atoms with Gasteiger partial charge in [-0.2, -0.15) is 10.2 Å². The van der Waals surface area contributed by atoms with Gasteiger partial charge in [-0.3, -0.25) is 10.2 Å². The molecule has 0 radical (unpaired) electrons. The Morgan fingerprint density at radius 3 is 1.41 bits per heavy atom. The number of H-pyrrole nitrogens is 2. The molecule has 2 saturated carbocycles. The summed E-state index contributed by atoms with van der Waals surface area (Å²) in [7, 11) is 0. The predicted molar refractivity (Wildman–Crippen MR) is 211 cm³/mol. The Kier molecular flexibility index (Phi) is 9.42. The van der Waals surface area contributed by atoms with Gasteiger partial charge in [-0.15, -0.1) is 0 Å². The first-order valence-corrected chi connectivity index (χ1v) is 19.4. The average molecular weight is 725 g/mol. The van der Waals surface area contributed by atoms with Crippen molar-refractivity contribution in [1.29, 1.82) is 0 Å². The van der Waals surface area contributed by atoms with Gasteiger partial charge < -0.3 is 30.6 Å². The summed E-state index contributed by atoms with van der Waals surface area (Å²) in [5.74, 6) is 1.64. The standard InChI is InChI=1S/C43H48N8O3/c52-39-37(23-27-9-3-1-4-10-27)50(25-29-17-19-35-33(21-29)41(48-46-35)44-31-13-7-14-31)43(54)51(38(40(39)53)24-28-11-5-2-6-12-28)26-30-18-20-36-34(22-30)42(49-47-36)45-32-15-8-16-32/h1-6,9-12,17-22,31-32,37-40,52-53H,7-8,13-16,23-26H2,(H2,44,46,48)(H2,45,47,49)/t37-,38-,39+,40+/m1/s1. The Morgan fingerprint density at radius 2 is 1.02 bits per heavy atom. The maximum atomic E-state index is 15.4. The number of aliphatic hydroxyl groups excluding tert-OH is 2. The Morgan fingerprint density at radius 1 is 0.593 bits per heavy atom. The smallest absolute Gasteiger partial charge is 0.321 e. The van der Waals surface area contributed by atoms with Crippen LogP contribution in [0.15, 0.2) is 97.1 Å². The summed E-state index contributed by atoms with van der Waals surface area (Å²) in [6, 6.07) is 31.3. The Hall–Kier alpha value is -5.39. The van der Waals surface area contributed by atoms with Crippen LogP contribution in [0, 0.1) is 0 Å². The predicted octanol–water partition coefficient (Wildman–Crippen LogP) is 6.75. The van der Waals surface area contributed by atoms with Gasteiger partial charge in [0.25, 0.3) is 0 Å². The van der Waals surface area contributed by atoms with Crippen LogP contribution in [-0.2, 0) is 25.9 Å². The second-order valence-corrected chi connectivity index (χ2v) is 15.5. The summed E-state index contributed by atoms with van der Waals surface area (Å²) in [5.41, 5.74) is 5.64. The Labute approximate surface area is 314 Å². The van der Waals surface area contributed by atoms with E-state index in [0.29, 0.717) is 24.9 Å². The summed E-state index contributed by atoms with van der Waals surface area (Å²) in [4.78, 5) is 18.9. The molecule has 4 aromatic carbocycles. The third-order valence-corrected chi connectivity index (χ3v) is 11.9. The van der Waals surface area contributed by atoms with E-state index in [9.17, 15) is 10.2 Å². The number of fused-ring (bicyclic) bond motifs is 2. The van der Waals surface area contributed by atoms with E-state index in [1.54, 1.807) is 9.80 Å². The van der Waals surface area contributed by atoms with Crippen molar-refractivity contribution < 1.29 is 15.0 Å². The van der Waals surface area contributed by atoms with E-state index < -0.39 is 24.3 Å². The molecule has 0 bridgehead atoms. The lowest BCUT2D eigenvalue weighted by Crippen LogP contribution is -2.50. The highest BCUT2D eigenvalue weighted by molar-refractivity contribution is 5.91. The van der Waals surface area contributed by atoms with E-state index in [1.807, 2.05) is 84.9 Å². The van der Waals surface area contributed by atoms with Crippen molar-refractivity contribution in [3.8, 4) is 0 Å². The molecule has 11 heteroatoms. The van der Waals surface area contributed by atoms with E-state index in [-0.39, 0.29) is 19.1 Å². The second kappa shape index (κ2) is 14.8. The van der Waals surface area contributed by atoms with Crippen molar-refractivity contribution in [2.24, 2.45) is 0 Å². The quantitative estimate of drug-likeness (QED) is 0.0819. The van der Waals surface area contributed by atoms with E-state index in [2.05, 4.69) is 43.2 Å². The highest BCUT2D eigenvalue weighted by atomic mass is 16.3. The summed E-state index contributed by atoms with van der Waals surface area (Å²) in [6.07, 6.45) is 5.30. The van der Waals surface area contributed by atoms with Gasteiger partial charge in [0.15, 0.2) is 11.6 Å². The van der Waals surface area contributed by atoms with Gasteiger partial charge in [0.05, 0.1) is 23.1 Å². The van der Waals surface area contributed by atoms with Crippen LogP contribution >= 0.6 is 0 Å². The third-order valence-electron chi connectivity index (χ3n) is 11.9.